The first kappa shape index (κ1) is 19.3. The van der Waals surface area contributed by atoms with E-state index in [9.17, 15) is 14.4 Å². The summed E-state index contributed by atoms with van der Waals surface area (Å²) in [6.45, 7) is 1.45. The lowest BCUT2D eigenvalue weighted by atomic mass is 10.2. The minimum atomic E-state index is -0.892. The second-order valence-corrected chi connectivity index (χ2v) is 4.43. The largest absolute Gasteiger partial charge is 0.481 e. The molecule has 21 heavy (non-hydrogen) atoms. The Labute approximate surface area is 124 Å². The fraction of sp³-hybridized carbons (Fsp3) is 0.769. The number of carbonyl (C=O) groups excluding carboxylic acids is 2. The Morgan fingerprint density at radius 2 is 1.52 bits per heavy atom. The SMILES string of the molecule is COCCN(CCOC)C(=O)NC(=O)CCCCC(=O)O. The van der Waals surface area contributed by atoms with Crippen LogP contribution in [-0.4, -0.2) is 68.4 Å². The maximum atomic E-state index is 11.9. The van der Waals surface area contributed by atoms with Gasteiger partial charge in [0.1, 0.15) is 0 Å². The molecule has 8 nitrogen and oxygen atoms in total. The first-order valence-electron chi connectivity index (χ1n) is 6.79. The van der Waals surface area contributed by atoms with Gasteiger partial charge in [-0.3, -0.25) is 14.9 Å². The molecular weight excluding hydrogens is 280 g/mol. The molecule has 0 atom stereocenters. The molecule has 0 saturated carbocycles. The first-order valence-corrected chi connectivity index (χ1v) is 6.79. The Balaban J connectivity index is 4.07. The molecule has 0 aromatic rings. The second kappa shape index (κ2) is 12.1. The van der Waals surface area contributed by atoms with E-state index < -0.39 is 17.9 Å². The first-order chi connectivity index (χ1) is 10.0. The average molecular weight is 304 g/mol. The number of rotatable bonds is 11. The molecule has 0 aliphatic rings. The minimum Gasteiger partial charge on any atom is -0.481 e. The third-order valence-corrected chi connectivity index (χ3v) is 2.71. The zero-order chi connectivity index (χ0) is 16.1. The standard InChI is InChI=1S/C13H24N2O6/c1-20-9-7-15(8-10-21-2)13(19)14-11(16)5-3-4-6-12(17)18/h3-10H2,1-2H3,(H,17,18)(H,14,16,19). The number of ether oxygens (including phenoxy) is 2. The van der Waals surface area contributed by atoms with Crippen molar-refractivity contribution in [2.45, 2.75) is 25.7 Å². The normalized spacial score (nSPS) is 10.2. The number of amides is 3. The quantitative estimate of drug-likeness (QED) is 0.537. The van der Waals surface area contributed by atoms with Gasteiger partial charge in [0.05, 0.1) is 13.2 Å². The summed E-state index contributed by atoms with van der Waals surface area (Å²) in [6.07, 6.45) is 0.992. The van der Waals surface area contributed by atoms with E-state index in [1.54, 1.807) is 0 Å². The molecule has 0 aliphatic heterocycles. The molecule has 0 unspecified atom stereocenters. The highest BCUT2D eigenvalue weighted by atomic mass is 16.5. The van der Waals surface area contributed by atoms with Crippen molar-refractivity contribution in [2.24, 2.45) is 0 Å². The van der Waals surface area contributed by atoms with E-state index in [0.717, 1.165) is 0 Å². The molecule has 0 radical (unpaired) electrons. The summed E-state index contributed by atoms with van der Waals surface area (Å²) < 4.78 is 9.81. The maximum absolute atomic E-state index is 11.9. The predicted molar refractivity (Wildman–Crippen MR) is 75.0 cm³/mol. The fourth-order valence-corrected chi connectivity index (χ4v) is 1.54. The highest BCUT2D eigenvalue weighted by molar-refractivity contribution is 5.94. The molecular formula is C13H24N2O6. The molecule has 2 N–H and O–H groups in total. The van der Waals surface area contributed by atoms with Crippen molar-refractivity contribution in [1.29, 1.82) is 0 Å². The van der Waals surface area contributed by atoms with Gasteiger partial charge >= 0.3 is 12.0 Å². The number of carboxylic acid groups (broad SMARTS) is 1. The average Bonchev–Trinajstić information content (AvgIpc) is 2.43. The van der Waals surface area contributed by atoms with Gasteiger partial charge in [0.2, 0.25) is 5.91 Å². The number of carboxylic acids is 1. The Bertz CT molecular complexity index is 327. The number of imide groups is 1. The molecule has 0 heterocycles. The van der Waals surface area contributed by atoms with Crippen molar-refractivity contribution in [3.8, 4) is 0 Å². The van der Waals surface area contributed by atoms with Gasteiger partial charge in [0.25, 0.3) is 0 Å². The summed E-state index contributed by atoms with van der Waals surface area (Å²) >= 11 is 0. The monoisotopic (exact) mass is 304 g/mol. The van der Waals surface area contributed by atoms with Gasteiger partial charge in [0.15, 0.2) is 0 Å². The minimum absolute atomic E-state index is 0.0228. The lowest BCUT2D eigenvalue weighted by Gasteiger charge is -2.21. The van der Waals surface area contributed by atoms with E-state index in [2.05, 4.69) is 5.32 Å². The summed E-state index contributed by atoms with van der Waals surface area (Å²) in [5.41, 5.74) is 0. The topological polar surface area (TPSA) is 105 Å². The number of hydrogen-bond acceptors (Lipinski definition) is 5. The summed E-state index contributed by atoms with van der Waals surface area (Å²) in [7, 11) is 3.06. The number of aliphatic carboxylic acids is 1. The predicted octanol–water partition coefficient (Wildman–Crippen LogP) is 0.462. The van der Waals surface area contributed by atoms with Crippen LogP contribution in [0.25, 0.3) is 0 Å². The lowest BCUT2D eigenvalue weighted by molar-refractivity contribution is -0.137. The number of hydrogen-bond donors (Lipinski definition) is 2. The van der Waals surface area contributed by atoms with Crippen LogP contribution in [0.15, 0.2) is 0 Å². The highest BCUT2D eigenvalue weighted by Crippen LogP contribution is 2.00. The van der Waals surface area contributed by atoms with Crippen LogP contribution < -0.4 is 5.32 Å². The molecule has 0 aromatic carbocycles. The van der Waals surface area contributed by atoms with Gasteiger partial charge in [0, 0.05) is 40.2 Å². The van der Waals surface area contributed by atoms with Crippen LogP contribution in [0.5, 0.6) is 0 Å². The van der Waals surface area contributed by atoms with Gasteiger partial charge in [-0.2, -0.15) is 0 Å². The fourth-order valence-electron chi connectivity index (χ4n) is 1.54. The van der Waals surface area contributed by atoms with Crippen molar-refractivity contribution in [3.05, 3.63) is 0 Å². The number of nitrogens with zero attached hydrogens (tertiary/aromatic N) is 1. The van der Waals surface area contributed by atoms with Crippen LogP contribution in [0.2, 0.25) is 0 Å². The van der Waals surface area contributed by atoms with Gasteiger partial charge in [-0.15, -0.1) is 0 Å². The van der Waals surface area contributed by atoms with Crippen LogP contribution in [0.4, 0.5) is 4.79 Å². The second-order valence-electron chi connectivity index (χ2n) is 4.43. The Kier molecular flexibility index (Phi) is 11.1. The van der Waals surface area contributed by atoms with E-state index in [1.807, 2.05) is 0 Å². The molecule has 0 bridgehead atoms. The Hall–Kier alpha value is -1.67. The van der Waals surface area contributed by atoms with Crippen molar-refractivity contribution >= 4 is 17.9 Å². The third-order valence-electron chi connectivity index (χ3n) is 2.71. The number of nitrogens with one attached hydrogen (secondary N) is 1. The van der Waals surface area contributed by atoms with E-state index >= 15 is 0 Å². The summed E-state index contributed by atoms with van der Waals surface area (Å²) in [5.74, 6) is -1.30. The van der Waals surface area contributed by atoms with Crippen molar-refractivity contribution in [3.63, 3.8) is 0 Å². The summed E-state index contributed by atoms with van der Waals surface area (Å²) in [5, 5.41) is 10.8. The molecule has 0 saturated heterocycles. The van der Waals surface area contributed by atoms with Gasteiger partial charge < -0.3 is 19.5 Å². The smallest absolute Gasteiger partial charge is 0.324 e. The molecule has 0 fully saturated rings. The summed E-state index contributed by atoms with van der Waals surface area (Å²) in [6, 6.07) is -0.493. The van der Waals surface area contributed by atoms with Crippen molar-refractivity contribution in [1.82, 2.24) is 10.2 Å². The van der Waals surface area contributed by atoms with Gasteiger partial charge in [-0.1, -0.05) is 0 Å². The zero-order valence-corrected chi connectivity index (χ0v) is 12.6. The zero-order valence-electron chi connectivity index (χ0n) is 12.6. The molecule has 0 spiro atoms. The molecule has 8 heteroatoms. The highest BCUT2D eigenvalue weighted by Gasteiger charge is 2.15. The molecule has 122 valence electrons. The Morgan fingerprint density at radius 3 is 2.00 bits per heavy atom. The number of methoxy groups -OCH3 is 2. The molecule has 0 aromatic heterocycles. The molecule has 0 rings (SSSR count). The van der Waals surface area contributed by atoms with E-state index in [1.165, 1.54) is 19.1 Å². The van der Waals surface area contributed by atoms with Crippen LogP contribution in [-0.2, 0) is 19.1 Å². The van der Waals surface area contributed by atoms with E-state index in [-0.39, 0.29) is 12.8 Å². The van der Waals surface area contributed by atoms with Crippen LogP contribution in [0.3, 0.4) is 0 Å². The van der Waals surface area contributed by atoms with Crippen LogP contribution in [0.1, 0.15) is 25.7 Å². The number of unbranched alkanes of at least 4 members (excludes halogenated alkanes) is 1. The van der Waals surface area contributed by atoms with Crippen molar-refractivity contribution < 1.29 is 29.0 Å². The molecule has 3 amide bonds. The van der Waals surface area contributed by atoms with Crippen LogP contribution >= 0.6 is 0 Å². The van der Waals surface area contributed by atoms with E-state index in [4.69, 9.17) is 14.6 Å². The van der Waals surface area contributed by atoms with Crippen LogP contribution in [0, 0.1) is 0 Å². The Morgan fingerprint density at radius 1 is 1.00 bits per heavy atom. The van der Waals surface area contributed by atoms with E-state index in [0.29, 0.717) is 39.1 Å². The van der Waals surface area contributed by atoms with Crippen molar-refractivity contribution in [2.75, 3.05) is 40.5 Å². The molecule has 0 aliphatic carbocycles. The number of carbonyl (C=O) groups is 3. The number of urea groups is 1. The van der Waals surface area contributed by atoms with Gasteiger partial charge in [-0.05, 0) is 12.8 Å². The lowest BCUT2D eigenvalue weighted by Crippen LogP contribution is -2.45. The maximum Gasteiger partial charge on any atom is 0.324 e. The summed E-state index contributed by atoms with van der Waals surface area (Å²) in [4.78, 5) is 35.2. The third kappa shape index (κ3) is 10.7. The van der Waals surface area contributed by atoms with Gasteiger partial charge in [-0.25, -0.2) is 4.79 Å².